The van der Waals surface area contributed by atoms with Gasteiger partial charge in [0.25, 0.3) is 0 Å². The number of hydrogen-bond acceptors (Lipinski definition) is 9. The first-order valence-corrected chi connectivity index (χ1v) is 48.4. The normalized spacial score (nSPS) is 13.2. The second-order valence-electron chi connectivity index (χ2n) is 45.9. The minimum Gasteiger partial charge on any atom is -0.303 e. The molecule has 0 heterocycles. The van der Waals surface area contributed by atoms with Crippen LogP contribution in [0.1, 0.15) is 429 Å². The van der Waals surface area contributed by atoms with Gasteiger partial charge in [0.2, 0.25) is 0 Å². The molecule has 0 N–H and O–H groups in total. The first-order valence-electron chi connectivity index (χ1n) is 48.4. The lowest BCUT2D eigenvalue weighted by molar-refractivity contribution is 0.174. The van der Waals surface area contributed by atoms with Crippen LogP contribution in [0, 0.1) is 72.4 Å². The van der Waals surface area contributed by atoms with E-state index in [-0.39, 0.29) is 0 Å². The molecule has 0 radical (unpaired) electrons. The summed E-state index contributed by atoms with van der Waals surface area (Å²) in [5.41, 5.74) is 3.98. The van der Waals surface area contributed by atoms with E-state index in [0.717, 1.165) is 23.7 Å². The molecule has 2 unspecified atom stereocenters. The van der Waals surface area contributed by atoms with Crippen molar-refractivity contribution in [1.82, 2.24) is 44.1 Å². The van der Waals surface area contributed by atoms with E-state index in [0.29, 0.717) is 48.7 Å². The molecule has 0 fully saturated rings. The zero-order chi connectivity index (χ0) is 90.0. The molecule has 0 aliphatic heterocycles. The zero-order valence-electron chi connectivity index (χ0n) is 88.8. The summed E-state index contributed by atoms with van der Waals surface area (Å²) in [5.74, 6) is 3.30. The highest BCUT2D eigenvalue weighted by Crippen LogP contribution is 2.23. The summed E-state index contributed by atoms with van der Waals surface area (Å²) in [6, 6.07) is 0. The molecule has 0 aliphatic rings. The molecular weight excluding hydrogens is 1360 g/mol. The van der Waals surface area contributed by atoms with Crippen LogP contribution in [0.4, 0.5) is 0 Å². The molecule has 0 saturated carbocycles. The lowest BCUT2D eigenvalue weighted by atomic mass is 9.95. The lowest BCUT2D eigenvalue weighted by Gasteiger charge is -2.30. The van der Waals surface area contributed by atoms with Crippen LogP contribution < -0.4 is 0 Å². The number of nitrogens with zero attached hydrogens (tertiary/aromatic N) is 9. The summed E-state index contributed by atoms with van der Waals surface area (Å²) in [5, 5.41) is 0. The highest BCUT2D eigenvalue weighted by molar-refractivity contribution is 4.76. The van der Waals surface area contributed by atoms with Gasteiger partial charge in [0.1, 0.15) is 0 Å². The van der Waals surface area contributed by atoms with E-state index in [1.54, 1.807) is 0 Å². The summed E-state index contributed by atoms with van der Waals surface area (Å²) in [6.45, 7) is 145. The predicted molar refractivity (Wildman–Crippen MR) is 526 cm³/mol. The van der Waals surface area contributed by atoms with Crippen molar-refractivity contribution >= 4 is 0 Å². The average molecular weight is 1600 g/mol. The van der Waals surface area contributed by atoms with Crippen LogP contribution in [-0.4, -0.2) is 221 Å². The highest BCUT2D eigenvalue weighted by atomic mass is 15.2. The van der Waals surface area contributed by atoms with Crippen molar-refractivity contribution in [2.45, 2.75) is 429 Å². The number of hydrogen-bond donors (Lipinski definition) is 0. The standard InChI is InChI=1S/2C13H29N.3C12H27N.2C11H25N.C10H23N.C9H21N/c1-7-9-12(3)10-14(8-2)11-13(4,5)6;1-6-8-9-10-11-14(7-2)12-13(3,4)5;1-7-13(9-8-11(2)3)10-12(4,5)6;1-7-11(3)9-13(8-2)10-12(4,5)6;1-6-8-9-10-13(7-2)11-12(3,4)5;1-7-12(8-10(2)3)9-11(4,5)6;1-6-8-9-12(7-2)10-11(3,4)5;1-6-8-11(7-2)9-10(3,4)5;1-6-10(7-2)8-9(3,4)5/h12H,7-11H2,1-6H3;6-12H2,1-5H3;2*11H,7-10H2,1-6H3;6-11H2,1-5H3;10H,7-9H2,1-6H3;6-10H2,1-5H3;6-9H2,1-5H3;6-8H2,1-5H3. The molecule has 0 amide bonds. The van der Waals surface area contributed by atoms with E-state index in [9.17, 15) is 0 Å². The van der Waals surface area contributed by atoms with Crippen molar-refractivity contribution in [2.24, 2.45) is 72.4 Å². The van der Waals surface area contributed by atoms with Gasteiger partial charge in [-0.2, -0.15) is 0 Å². The van der Waals surface area contributed by atoms with Gasteiger partial charge in [-0.1, -0.05) is 391 Å². The second kappa shape index (κ2) is 74.5. The smallest absolute Gasteiger partial charge is 0.00300 e. The Bertz CT molecular complexity index is 1850. The van der Waals surface area contributed by atoms with Crippen molar-refractivity contribution in [2.75, 3.05) is 177 Å². The van der Waals surface area contributed by atoms with Crippen LogP contribution in [0.3, 0.4) is 0 Å². The largest absolute Gasteiger partial charge is 0.303 e. The maximum Gasteiger partial charge on any atom is 0.00300 e. The van der Waals surface area contributed by atoms with Gasteiger partial charge in [-0.15, -0.1) is 0 Å². The highest BCUT2D eigenvalue weighted by Gasteiger charge is 2.22. The topological polar surface area (TPSA) is 29.2 Å². The minimum atomic E-state index is 0.432. The zero-order valence-corrected chi connectivity index (χ0v) is 88.8. The molecule has 690 valence electrons. The Balaban J connectivity index is -0.000000152. The van der Waals surface area contributed by atoms with Crippen LogP contribution in [0.5, 0.6) is 0 Å². The van der Waals surface area contributed by atoms with E-state index in [1.165, 1.54) is 267 Å². The molecule has 0 spiro atoms. The molecule has 0 aromatic heterocycles. The fourth-order valence-corrected chi connectivity index (χ4v) is 13.7. The minimum absolute atomic E-state index is 0.432. The van der Waals surface area contributed by atoms with Crippen LogP contribution in [0.2, 0.25) is 0 Å². The maximum absolute atomic E-state index is 2.58. The second-order valence-corrected chi connectivity index (χ2v) is 45.9. The Kier molecular flexibility index (Phi) is 86.3. The monoisotopic (exact) mass is 1600 g/mol. The van der Waals surface area contributed by atoms with Gasteiger partial charge in [-0.3, -0.25) is 0 Å². The van der Waals surface area contributed by atoms with E-state index < -0.39 is 0 Å². The molecule has 0 aromatic carbocycles. The SMILES string of the molecule is CCC(C)CN(CC)CC(C)(C)C.CCCC(C)CN(CC)CC(C)(C)C.CCCCCCN(CC)CC(C)(C)C.CCCCCN(CC)CC(C)(C)C.CCCCN(CC)CC(C)(C)C.CCCN(CC)CC(C)(C)C.CCN(CC(C)C)CC(C)(C)C.CCN(CC)CC(C)(C)C.CCN(CCC(C)C)CC(C)(C)C. The van der Waals surface area contributed by atoms with Crippen molar-refractivity contribution in [3.63, 3.8) is 0 Å². The predicted octanol–water partition coefficient (Wildman–Crippen LogP) is 29.4. The third-order valence-electron chi connectivity index (χ3n) is 18.8. The summed E-state index contributed by atoms with van der Waals surface area (Å²) >= 11 is 0. The van der Waals surface area contributed by atoms with Gasteiger partial charge in [-0.25, -0.2) is 0 Å². The van der Waals surface area contributed by atoms with Crippen molar-refractivity contribution in [1.29, 1.82) is 0 Å². The van der Waals surface area contributed by atoms with Crippen LogP contribution >= 0.6 is 0 Å². The molecule has 0 saturated heterocycles. The van der Waals surface area contributed by atoms with E-state index in [4.69, 9.17) is 0 Å². The lowest BCUT2D eigenvalue weighted by Crippen LogP contribution is -2.35. The molecule has 0 rings (SSSR count). The molecule has 0 aliphatic carbocycles. The van der Waals surface area contributed by atoms with Gasteiger partial charge in [0.05, 0.1) is 0 Å². The Hall–Kier alpha value is -0.360. The van der Waals surface area contributed by atoms with Crippen LogP contribution in [0.25, 0.3) is 0 Å². The molecule has 0 aromatic rings. The summed E-state index contributed by atoms with van der Waals surface area (Å²) in [6.07, 6.45) is 18.8. The van der Waals surface area contributed by atoms with Gasteiger partial charge < -0.3 is 44.1 Å². The molecule has 9 nitrogen and oxygen atoms in total. The number of rotatable bonds is 45. The van der Waals surface area contributed by atoms with E-state index in [1.807, 2.05) is 0 Å². The van der Waals surface area contributed by atoms with Crippen molar-refractivity contribution < 1.29 is 0 Å². The average Bonchev–Trinajstić information content (AvgIpc) is 0.928. The molecule has 9 heteroatoms. The summed E-state index contributed by atoms with van der Waals surface area (Å²) < 4.78 is 0. The number of unbranched alkanes of at least 4 members (excludes halogenated alkanes) is 6. The van der Waals surface area contributed by atoms with Gasteiger partial charge in [-0.05, 0) is 209 Å². The third-order valence-corrected chi connectivity index (χ3v) is 18.8. The van der Waals surface area contributed by atoms with Crippen LogP contribution in [0.15, 0.2) is 0 Å². The molecule has 0 bridgehead atoms. The van der Waals surface area contributed by atoms with Gasteiger partial charge in [0, 0.05) is 78.5 Å². The maximum atomic E-state index is 2.58. The van der Waals surface area contributed by atoms with E-state index >= 15 is 0 Å². The quantitative estimate of drug-likeness (QED) is 0.0553. The Morgan fingerprint density at radius 2 is 0.402 bits per heavy atom. The Morgan fingerprint density at radius 3 is 0.625 bits per heavy atom. The first kappa shape index (κ1) is 130. The van der Waals surface area contributed by atoms with Gasteiger partial charge >= 0.3 is 0 Å². The van der Waals surface area contributed by atoms with Crippen molar-refractivity contribution in [3.05, 3.63) is 0 Å². The van der Waals surface area contributed by atoms with Crippen molar-refractivity contribution in [3.8, 4) is 0 Å². The fourth-order valence-electron chi connectivity index (χ4n) is 13.7. The molecule has 2 atom stereocenters. The summed E-state index contributed by atoms with van der Waals surface area (Å²) in [4.78, 5) is 22.9. The Labute approximate surface area is 718 Å². The van der Waals surface area contributed by atoms with Crippen LogP contribution in [-0.2, 0) is 0 Å². The Morgan fingerprint density at radius 1 is 0.179 bits per heavy atom. The molecular formula is C103H233N9. The third kappa shape index (κ3) is 118. The van der Waals surface area contributed by atoms with Gasteiger partial charge in [0.15, 0.2) is 0 Å². The van der Waals surface area contributed by atoms with E-state index in [2.05, 4.69) is 383 Å². The fraction of sp³-hybridized carbons (Fsp3) is 1.00. The first-order chi connectivity index (χ1) is 50.9. The summed E-state index contributed by atoms with van der Waals surface area (Å²) in [7, 11) is 0. The molecule has 112 heavy (non-hydrogen) atoms.